The van der Waals surface area contributed by atoms with Crippen molar-refractivity contribution in [3.8, 4) is 5.75 Å². The molecule has 0 aliphatic rings. The third-order valence-corrected chi connectivity index (χ3v) is 1.87. The van der Waals surface area contributed by atoms with Gasteiger partial charge in [-0.25, -0.2) is 0 Å². The molecule has 4 nitrogen and oxygen atoms in total. The quantitative estimate of drug-likeness (QED) is 0.510. The monoisotopic (exact) mass is 196 g/mol. The van der Waals surface area contributed by atoms with Crippen LogP contribution in [0, 0.1) is 6.92 Å². The minimum absolute atomic E-state index is 0.143. The first kappa shape index (κ1) is 11.0. The predicted octanol–water partition coefficient (Wildman–Crippen LogP) is -0.342. The van der Waals surface area contributed by atoms with E-state index in [1.54, 1.807) is 25.1 Å². The van der Waals surface area contributed by atoms with Crippen LogP contribution in [0.3, 0.4) is 0 Å². The first-order valence-corrected chi connectivity index (χ1v) is 4.23. The summed E-state index contributed by atoms with van der Waals surface area (Å²) in [5.74, 6) is 0.556. The van der Waals surface area contributed by atoms with Gasteiger partial charge in [0.15, 0.2) is 6.79 Å². The van der Waals surface area contributed by atoms with E-state index in [-0.39, 0.29) is 6.79 Å². The van der Waals surface area contributed by atoms with E-state index in [1.807, 2.05) is 0 Å². The Kier molecular flexibility index (Phi) is 3.94. The molecule has 0 bridgehead atoms. The minimum atomic E-state index is -1.47. The Morgan fingerprint density at radius 1 is 1.36 bits per heavy atom. The van der Waals surface area contributed by atoms with E-state index in [4.69, 9.17) is 19.5 Å². The summed E-state index contributed by atoms with van der Waals surface area (Å²) in [6.45, 7) is 1.94. The van der Waals surface area contributed by atoms with Gasteiger partial charge in [-0.3, -0.25) is 0 Å². The molecule has 0 amide bonds. The maximum absolute atomic E-state index is 9.02. The van der Waals surface area contributed by atoms with Crippen molar-refractivity contribution >= 4 is 12.6 Å². The van der Waals surface area contributed by atoms with Crippen molar-refractivity contribution in [3.05, 3.63) is 23.8 Å². The summed E-state index contributed by atoms with van der Waals surface area (Å²) in [6.07, 6.45) is 0. The van der Waals surface area contributed by atoms with E-state index in [0.717, 1.165) is 5.56 Å². The van der Waals surface area contributed by atoms with Gasteiger partial charge in [-0.1, -0.05) is 11.6 Å². The number of hydrogen-bond acceptors (Lipinski definition) is 4. The molecule has 0 atom stereocenters. The average Bonchev–Trinajstić information content (AvgIpc) is 2.16. The Hall–Kier alpha value is -1.04. The number of benzene rings is 1. The van der Waals surface area contributed by atoms with Crippen LogP contribution < -0.4 is 10.2 Å². The second kappa shape index (κ2) is 5.00. The lowest BCUT2D eigenvalue weighted by Crippen LogP contribution is -2.32. The highest BCUT2D eigenvalue weighted by Gasteiger charge is 2.14. The molecule has 0 saturated carbocycles. The zero-order chi connectivity index (χ0) is 10.6. The fraction of sp³-hybridized carbons (Fsp3) is 0.333. The van der Waals surface area contributed by atoms with Crippen LogP contribution >= 0.6 is 0 Å². The van der Waals surface area contributed by atoms with Gasteiger partial charge in [-0.2, -0.15) is 0 Å². The molecule has 76 valence electrons. The van der Waals surface area contributed by atoms with Crippen molar-refractivity contribution in [2.75, 3.05) is 13.9 Å². The summed E-state index contributed by atoms with van der Waals surface area (Å²) < 4.78 is 9.89. The molecule has 0 spiro atoms. The molecule has 0 radical (unpaired) electrons. The zero-order valence-corrected chi connectivity index (χ0v) is 8.23. The maximum atomic E-state index is 9.02. The van der Waals surface area contributed by atoms with Gasteiger partial charge in [-0.05, 0) is 24.5 Å². The fourth-order valence-electron chi connectivity index (χ4n) is 1.11. The third-order valence-electron chi connectivity index (χ3n) is 1.87. The van der Waals surface area contributed by atoms with E-state index in [9.17, 15) is 0 Å². The van der Waals surface area contributed by atoms with Gasteiger partial charge in [0.2, 0.25) is 0 Å². The van der Waals surface area contributed by atoms with Gasteiger partial charge in [0.1, 0.15) is 5.75 Å². The molecular formula is C9H13BO4. The third kappa shape index (κ3) is 2.73. The van der Waals surface area contributed by atoms with Crippen molar-refractivity contribution in [1.29, 1.82) is 0 Å². The molecule has 0 fully saturated rings. The highest BCUT2D eigenvalue weighted by Crippen LogP contribution is 2.10. The maximum Gasteiger partial charge on any atom is 0.488 e. The molecular weight excluding hydrogens is 183 g/mol. The zero-order valence-electron chi connectivity index (χ0n) is 8.23. The summed E-state index contributed by atoms with van der Waals surface area (Å²) in [6, 6.07) is 5.10. The summed E-state index contributed by atoms with van der Waals surface area (Å²) >= 11 is 0. The molecule has 1 rings (SSSR count). The van der Waals surface area contributed by atoms with Crippen LogP contribution in [0.5, 0.6) is 5.75 Å². The van der Waals surface area contributed by atoms with Gasteiger partial charge in [0.25, 0.3) is 0 Å². The van der Waals surface area contributed by atoms with E-state index in [0.29, 0.717) is 11.2 Å². The van der Waals surface area contributed by atoms with Crippen molar-refractivity contribution in [2.45, 2.75) is 6.92 Å². The second-order valence-electron chi connectivity index (χ2n) is 2.94. The Balaban J connectivity index is 2.83. The van der Waals surface area contributed by atoms with Crippen LogP contribution in [-0.2, 0) is 4.74 Å². The fourth-order valence-corrected chi connectivity index (χ4v) is 1.11. The molecule has 2 N–H and O–H groups in total. The SMILES string of the molecule is COCOc1ccc(C)c(B(O)O)c1. The standard InChI is InChI=1S/C9H13BO4/c1-7-3-4-8(14-6-13-2)5-9(7)10(11)12/h3-5,11-12H,6H2,1-2H3. The van der Waals surface area contributed by atoms with E-state index < -0.39 is 7.12 Å². The molecule has 0 saturated heterocycles. The summed E-state index contributed by atoms with van der Waals surface area (Å²) in [5, 5.41) is 18.0. The van der Waals surface area contributed by atoms with Crippen molar-refractivity contribution in [1.82, 2.24) is 0 Å². The number of ether oxygens (including phenoxy) is 2. The summed E-state index contributed by atoms with van der Waals surface area (Å²) in [4.78, 5) is 0. The molecule has 0 aliphatic heterocycles. The lowest BCUT2D eigenvalue weighted by molar-refractivity contribution is 0.0511. The predicted molar refractivity (Wildman–Crippen MR) is 53.5 cm³/mol. The van der Waals surface area contributed by atoms with Crippen LogP contribution in [0.4, 0.5) is 0 Å². The van der Waals surface area contributed by atoms with Gasteiger partial charge < -0.3 is 19.5 Å². The first-order chi connectivity index (χ1) is 6.65. The van der Waals surface area contributed by atoms with Gasteiger partial charge in [-0.15, -0.1) is 0 Å². The number of rotatable bonds is 4. The topological polar surface area (TPSA) is 58.9 Å². The first-order valence-electron chi connectivity index (χ1n) is 4.23. The highest BCUT2D eigenvalue weighted by atomic mass is 16.7. The molecule has 5 heteroatoms. The minimum Gasteiger partial charge on any atom is -0.468 e. The van der Waals surface area contributed by atoms with Crippen molar-refractivity contribution in [3.63, 3.8) is 0 Å². The molecule has 1 aromatic rings. The smallest absolute Gasteiger partial charge is 0.468 e. The molecule has 0 aromatic heterocycles. The largest absolute Gasteiger partial charge is 0.488 e. The van der Waals surface area contributed by atoms with E-state index in [2.05, 4.69) is 0 Å². The average molecular weight is 196 g/mol. The molecule has 14 heavy (non-hydrogen) atoms. The molecule has 0 heterocycles. The van der Waals surface area contributed by atoms with Crippen LogP contribution in [0.2, 0.25) is 0 Å². The van der Waals surface area contributed by atoms with Crippen LogP contribution in [0.15, 0.2) is 18.2 Å². The van der Waals surface area contributed by atoms with Crippen molar-refractivity contribution < 1.29 is 19.5 Å². The van der Waals surface area contributed by atoms with Crippen LogP contribution in [-0.4, -0.2) is 31.1 Å². The van der Waals surface area contributed by atoms with E-state index >= 15 is 0 Å². The lowest BCUT2D eigenvalue weighted by Gasteiger charge is -2.08. The number of aryl methyl sites for hydroxylation is 1. The Morgan fingerprint density at radius 2 is 2.07 bits per heavy atom. The van der Waals surface area contributed by atoms with Crippen molar-refractivity contribution in [2.24, 2.45) is 0 Å². The highest BCUT2D eigenvalue weighted by molar-refractivity contribution is 6.59. The van der Waals surface area contributed by atoms with Gasteiger partial charge >= 0.3 is 7.12 Å². The molecule has 0 unspecified atom stereocenters. The summed E-state index contributed by atoms with van der Waals surface area (Å²) in [5.41, 5.74) is 1.25. The Labute approximate surface area is 83.2 Å². The lowest BCUT2D eigenvalue weighted by atomic mass is 9.77. The molecule has 1 aromatic carbocycles. The van der Waals surface area contributed by atoms with Gasteiger partial charge in [0.05, 0.1) is 0 Å². The summed E-state index contributed by atoms with van der Waals surface area (Å²) in [7, 11) is 0.0526. The Morgan fingerprint density at radius 3 is 2.64 bits per heavy atom. The normalized spacial score (nSPS) is 10.0. The number of hydrogen-bond donors (Lipinski definition) is 2. The van der Waals surface area contributed by atoms with E-state index in [1.165, 1.54) is 7.11 Å². The van der Waals surface area contributed by atoms with Crippen LogP contribution in [0.25, 0.3) is 0 Å². The second-order valence-corrected chi connectivity index (χ2v) is 2.94. The van der Waals surface area contributed by atoms with Gasteiger partial charge in [0, 0.05) is 7.11 Å². The van der Waals surface area contributed by atoms with Crippen LogP contribution in [0.1, 0.15) is 5.56 Å². The number of methoxy groups -OCH3 is 1. The molecule has 0 aliphatic carbocycles. The Bertz CT molecular complexity index is 301.